The van der Waals surface area contributed by atoms with Gasteiger partial charge >= 0.3 is 208 Å². The van der Waals surface area contributed by atoms with E-state index >= 15 is 0 Å². The monoisotopic (exact) mass is 544 g/mol. The Hall–Kier alpha value is -0.426. The van der Waals surface area contributed by atoms with Crippen LogP contribution in [-0.2, 0) is 41.1 Å². The second-order valence-corrected chi connectivity index (χ2v) is 13.3. The summed E-state index contributed by atoms with van der Waals surface area (Å²) in [5.74, 6) is 0.685. The maximum atomic E-state index is 10.9. The minimum Gasteiger partial charge on any atom is -0.0654 e. The maximum absolute atomic E-state index is 10.9. The molecule has 1 N–H and O–H groups in total. The van der Waals surface area contributed by atoms with E-state index in [2.05, 4.69) is 19.9 Å². The number of aryl methyl sites for hydroxylation is 1. The summed E-state index contributed by atoms with van der Waals surface area (Å²) >= 11 is -4.51. The number of hydrogen-bond acceptors (Lipinski definition) is 5. The van der Waals surface area contributed by atoms with Gasteiger partial charge in [0.05, 0.1) is 0 Å². The zero-order valence-electron chi connectivity index (χ0n) is 24.3. The third-order valence-corrected chi connectivity index (χ3v) is 9.18. The zero-order chi connectivity index (χ0) is 26.7. The molecule has 0 aliphatic carbocycles. The fraction of sp³-hybridized carbons (Fsp3) is 0.800. The van der Waals surface area contributed by atoms with Crippen molar-refractivity contribution in [3.05, 3.63) is 29.3 Å². The van der Waals surface area contributed by atoms with Crippen LogP contribution in [0.4, 0.5) is 0 Å². The molecule has 0 aromatic heterocycles. The number of hydrogen-bond donors (Lipinski definition) is 1. The van der Waals surface area contributed by atoms with E-state index in [1.807, 2.05) is 39.8 Å². The van der Waals surface area contributed by atoms with Gasteiger partial charge in [-0.1, -0.05) is 20.3 Å². The van der Waals surface area contributed by atoms with Crippen molar-refractivity contribution in [3.8, 4) is 5.75 Å². The Bertz CT molecular complexity index is 655. The molecule has 0 fully saturated rings. The van der Waals surface area contributed by atoms with Crippen molar-refractivity contribution in [2.75, 3.05) is 0 Å². The third-order valence-electron chi connectivity index (χ3n) is 6.32. The summed E-state index contributed by atoms with van der Waals surface area (Å²) in [6.07, 6.45) is 19.6. The number of unbranched alkanes of at least 4 members (excludes halogenated alkanes) is 12. The van der Waals surface area contributed by atoms with Crippen LogP contribution < -0.4 is 4.89 Å². The van der Waals surface area contributed by atoms with Gasteiger partial charge in [0.15, 0.2) is 0 Å². The third kappa shape index (κ3) is 15.7. The van der Waals surface area contributed by atoms with Crippen molar-refractivity contribution in [1.29, 1.82) is 0 Å². The summed E-state index contributed by atoms with van der Waals surface area (Å²) in [7, 11) is 0. The molecule has 0 amide bonds. The molecule has 0 saturated heterocycles. The molecule has 210 valence electrons. The number of benzene rings is 1. The summed E-state index contributed by atoms with van der Waals surface area (Å²) in [5.41, 5.74) is 2.54. The van der Waals surface area contributed by atoms with E-state index in [1.54, 1.807) is 0 Å². The second kappa shape index (κ2) is 20.5. The average molecular weight is 545 g/mol. The molecular formula is C30H56O5Ti. The molecule has 1 rings (SSSR count). The Kier molecular flexibility index (Phi) is 19.2. The predicted octanol–water partition coefficient (Wildman–Crippen LogP) is 9.24. The summed E-state index contributed by atoms with van der Waals surface area (Å²) in [4.78, 5) is 5.81. The van der Waals surface area contributed by atoms with E-state index in [0.717, 1.165) is 19.3 Å². The van der Waals surface area contributed by atoms with Crippen LogP contribution in [0.3, 0.4) is 0 Å². The van der Waals surface area contributed by atoms with Gasteiger partial charge in [0.1, 0.15) is 0 Å². The first kappa shape index (κ1) is 33.6. The summed E-state index contributed by atoms with van der Waals surface area (Å²) in [5, 5.41) is 0. The molecule has 1 aromatic rings. The SMILES string of the molecule is CCCCCCCCCc1cccc(O[O][Ti]([OH])([O]C(C)C)[O]C(C)C)c1CCCCCCCCC. The van der Waals surface area contributed by atoms with Gasteiger partial charge in [-0.3, -0.25) is 0 Å². The molecule has 0 heterocycles. The molecule has 0 unspecified atom stereocenters. The molecule has 0 aliphatic heterocycles. The van der Waals surface area contributed by atoms with Gasteiger partial charge in [-0.05, 0) is 0 Å². The van der Waals surface area contributed by atoms with Gasteiger partial charge < -0.3 is 0 Å². The molecule has 6 heteroatoms. The molecule has 0 radical (unpaired) electrons. The Morgan fingerprint density at radius 3 is 1.64 bits per heavy atom. The Morgan fingerprint density at radius 1 is 0.667 bits per heavy atom. The van der Waals surface area contributed by atoms with Crippen molar-refractivity contribution in [1.82, 2.24) is 0 Å². The molecule has 0 saturated carbocycles. The minimum absolute atomic E-state index is 0.215. The standard InChI is InChI=1S/C24H42O2.2C3H7O.H2O.Ti/c1-3-5-7-9-11-13-15-18-22-19-17-21-24(26-25)23(22)20-16-14-12-10-8-6-4-2;2*1-3(2)4;;/h17,19,21,25H,3-16,18,20H2,1-2H3;2*3H,1-2H3;1H2;/q;2*-1;;+4/p-2. The van der Waals surface area contributed by atoms with Crippen LogP contribution in [0.25, 0.3) is 0 Å². The first-order valence-corrected chi connectivity index (χ1v) is 17.5. The van der Waals surface area contributed by atoms with Crippen molar-refractivity contribution in [2.24, 2.45) is 0 Å². The van der Waals surface area contributed by atoms with E-state index in [-0.39, 0.29) is 12.2 Å². The van der Waals surface area contributed by atoms with Crippen LogP contribution in [0.2, 0.25) is 0 Å². The van der Waals surface area contributed by atoms with Crippen LogP contribution in [0.15, 0.2) is 18.2 Å². The van der Waals surface area contributed by atoms with Crippen LogP contribution in [0, 0.1) is 0 Å². The van der Waals surface area contributed by atoms with Crippen LogP contribution >= 0.6 is 0 Å². The van der Waals surface area contributed by atoms with Crippen LogP contribution in [0.5, 0.6) is 5.75 Å². The van der Waals surface area contributed by atoms with Crippen LogP contribution in [0.1, 0.15) is 143 Å². The van der Waals surface area contributed by atoms with Gasteiger partial charge in [0, 0.05) is 0 Å². The van der Waals surface area contributed by atoms with Crippen molar-refractivity contribution >= 4 is 0 Å². The topological polar surface area (TPSA) is 57.2 Å². The molecular weight excluding hydrogens is 488 g/mol. The van der Waals surface area contributed by atoms with E-state index in [0.29, 0.717) is 5.75 Å². The summed E-state index contributed by atoms with van der Waals surface area (Å²) in [6.45, 7) is 12.0. The smallest absolute Gasteiger partial charge is 0.0654 e. The molecule has 0 atom stereocenters. The van der Waals surface area contributed by atoms with Gasteiger partial charge in [-0.25, -0.2) is 0 Å². The van der Waals surface area contributed by atoms with Gasteiger partial charge in [0.2, 0.25) is 0 Å². The Balaban J connectivity index is 2.83. The van der Waals surface area contributed by atoms with Crippen LogP contribution in [-0.4, -0.2) is 15.9 Å². The molecule has 0 spiro atoms. The van der Waals surface area contributed by atoms with Crippen molar-refractivity contribution < 1.29 is 36.8 Å². The van der Waals surface area contributed by atoms with E-state index in [9.17, 15) is 3.69 Å². The molecule has 36 heavy (non-hydrogen) atoms. The van der Waals surface area contributed by atoms with Gasteiger partial charge in [-0.2, -0.15) is 0 Å². The van der Waals surface area contributed by atoms with E-state index in [4.69, 9.17) is 15.0 Å². The van der Waals surface area contributed by atoms with Gasteiger partial charge in [-0.15, -0.1) is 0 Å². The zero-order valence-corrected chi connectivity index (χ0v) is 25.8. The fourth-order valence-electron chi connectivity index (χ4n) is 4.50. The number of rotatable bonds is 23. The molecule has 1 aromatic carbocycles. The Morgan fingerprint density at radius 2 is 1.14 bits per heavy atom. The molecule has 0 aliphatic rings. The Labute approximate surface area is 227 Å². The minimum atomic E-state index is -4.51. The first-order valence-electron chi connectivity index (χ1n) is 14.9. The normalized spacial score (nSPS) is 12.1. The predicted molar refractivity (Wildman–Crippen MR) is 146 cm³/mol. The van der Waals surface area contributed by atoms with E-state index < -0.39 is 18.1 Å². The second-order valence-electron chi connectivity index (χ2n) is 10.7. The summed E-state index contributed by atoms with van der Waals surface area (Å²) < 4.78 is 27.9. The van der Waals surface area contributed by atoms with Gasteiger partial charge in [0.25, 0.3) is 0 Å². The average Bonchev–Trinajstić information content (AvgIpc) is 2.81. The molecule has 5 nitrogen and oxygen atoms in total. The fourth-order valence-corrected chi connectivity index (χ4v) is 6.87. The van der Waals surface area contributed by atoms with Crippen molar-refractivity contribution in [2.45, 2.75) is 156 Å². The molecule has 0 bridgehead atoms. The quantitative estimate of drug-likeness (QED) is 0.0644. The van der Waals surface area contributed by atoms with E-state index in [1.165, 1.54) is 94.6 Å². The van der Waals surface area contributed by atoms with Crippen molar-refractivity contribution in [3.63, 3.8) is 0 Å². The first-order chi connectivity index (χ1) is 17.3. The summed E-state index contributed by atoms with van der Waals surface area (Å²) in [6, 6.07) is 6.20.